The van der Waals surface area contributed by atoms with Gasteiger partial charge in [-0.1, -0.05) is 13.8 Å². The molecule has 0 amide bonds. The summed E-state index contributed by atoms with van der Waals surface area (Å²) in [6, 6.07) is 6.82. The third kappa shape index (κ3) is 4.09. The SMILES string of the molecule is COc1ccncc1-c1cc2c(cnn2-c2cc3c(nc(N4CCN(C5CC5)CC4)n3C)c(C(C)C)n2)c(C)n1. The smallest absolute Gasteiger partial charge is 0.206 e. The number of rotatable bonds is 6. The number of nitrogens with zero attached hydrogens (tertiary/aromatic N) is 9. The molecule has 2 aliphatic rings. The fourth-order valence-electron chi connectivity index (χ4n) is 5.95. The third-order valence-corrected chi connectivity index (χ3v) is 8.32. The predicted octanol–water partition coefficient (Wildman–Crippen LogP) is 4.49. The molecule has 40 heavy (non-hydrogen) atoms. The van der Waals surface area contributed by atoms with Crippen LogP contribution < -0.4 is 9.64 Å². The van der Waals surface area contributed by atoms with Crippen LogP contribution in [-0.4, -0.2) is 78.5 Å². The minimum atomic E-state index is 0.206. The highest BCUT2D eigenvalue weighted by Gasteiger charge is 2.32. The van der Waals surface area contributed by atoms with Gasteiger partial charge < -0.3 is 14.2 Å². The maximum absolute atomic E-state index is 5.59. The molecule has 0 spiro atoms. The van der Waals surface area contributed by atoms with Crippen LogP contribution in [0.4, 0.5) is 5.95 Å². The van der Waals surface area contributed by atoms with Gasteiger partial charge in [-0.3, -0.25) is 14.9 Å². The average Bonchev–Trinajstić information content (AvgIpc) is 3.65. The largest absolute Gasteiger partial charge is 0.496 e. The zero-order valence-electron chi connectivity index (χ0n) is 23.8. The lowest BCUT2D eigenvalue weighted by Gasteiger charge is -2.35. The van der Waals surface area contributed by atoms with E-state index in [-0.39, 0.29) is 5.92 Å². The van der Waals surface area contributed by atoms with E-state index in [1.165, 1.54) is 12.8 Å². The molecule has 0 atom stereocenters. The Morgan fingerprint density at radius 3 is 2.50 bits per heavy atom. The monoisotopic (exact) mass is 537 g/mol. The lowest BCUT2D eigenvalue weighted by molar-refractivity contribution is 0.246. The molecule has 0 aromatic carbocycles. The normalized spacial score (nSPS) is 16.5. The molecule has 10 nitrogen and oxygen atoms in total. The molecule has 1 aliphatic heterocycles. The fourth-order valence-corrected chi connectivity index (χ4v) is 5.95. The summed E-state index contributed by atoms with van der Waals surface area (Å²) in [6.07, 6.45) is 8.09. The molecular weight excluding hydrogens is 502 g/mol. The van der Waals surface area contributed by atoms with E-state index in [2.05, 4.69) is 46.3 Å². The van der Waals surface area contributed by atoms with Crippen LogP contribution in [0.15, 0.2) is 36.8 Å². The second kappa shape index (κ2) is 9.55. The van der Waals surface area contributed by atoms with Gasteiger partial charge in [0.2, 0.25) is 5.95 Å². The van der Waals surface area contributed by atoms with Crippen molar-refractivity contribution < 1.29 is 4.74 Å². The van der Waals surface area contributed by atoms with Gasteiger partial charge >= 0.3 is 0 Å². The van der Waals surface area contributed by atoms with Gasteiger partial charge in [0.15, 0.2) is 5.82 Å². The number of pyridine rings is 3. The maximum atomic E-state index is 5.59. The fraction of sp³-hybridized carbons (Fsp3) is 0.433. The van der Waals surface area contributed by atoms with Gasteiger partial charge in [-0.15, -0.1) is 0 Å². The summed E-state index contributed by atoms with van der Waals surface area (Å²) in [7, 11) is 3.78. The summed E-state index contributed by atoms with van der Waals surface area (Å²) < 4.78 is 9.74. The molecule has 5 aromatic rings. The Balaban J connectivity index is 1.34. The van der Waals surface area contributed by atoms with Crippen molar-refractivity contribution in [1.82, 2.24) is 39.2 Å². The summed E-state index contributed by atoms with van der Waals surface area (Å²) in [5, 5.41) is 5.77. The molecule has 1 saturated heterocycles. The van der Waals surface area contributed by atoms with Crippen LogP contribution in [0.5, 0.6) is 5.75 Å². The Morgan fingerprint density at radius 2 is 1.77 bits per heavy atom. The number of piperazine rings is 1. The average molecular weight is 538 g/mol. The Bertz CT molecular complexity index is 1720. The van der Waals surface area contributed by atoms with Crippen molar-refractivity contribution in [2.75, 3.05) is 38.2 Å². The van der Waals surface area contributed by atoms with Crippen molar-refractivity contribution in [1.29, 1.82) is 0 Å². The number of aryl methyl sites for hydroxylation is 2. The molecule has 10 heteroatoms. The summed E-state index contributed by atoms with van der Waals surface area (Å²) in [5.74, 6) is 2.73. The molecule has 7 rings (SSSR count). The van der Waals surface area contributed by atoms with E-state index in [0.29, 0.717) is 0 Å². The second-order valence-electron chi connectivity index (χ2n) is 11.3. The molecule has 5 aromatic heterocycles. The topological polar surface area (TPSA) is 90.0 Å². The minimum absolute atomic E-state index is 0.206. The number of imidazole rings is 1. The van der Waals surface area contributed by atoms with Crippen molar-refractivity contribution in [2.45, 2.75) is 45.6 Å². The number of methoxy groups -OCH3 is 1. The highest BCUT2D eigenvalue weighted by molar-refractivity contribution is 5.88. The van der Waals surface area contributed by atoms with E-state index in [4.69, 9.17) is 24.8 Å². The van der Waals surface area contributed by atoms with Crippen LogP contribution in [0.3, 0.4) is 0 Å². The summed E-state index contributed by atoms with van der Waals surface area (Å²) in [4.78, 5) is 24.5. The molecule has 0 unspecified atom stereocenters. The molecule has 2 fully saturated rings. The first-order valence-corrected chi connectivity index (χ1v) is 14.1. The summed E-state index contributed by atoms with van der Waals surface area (Å²) >= 11 is 0. The Hall–Kier alpha value is -4.05. The van der Waals surface area contributed by atoms with Crippen molar-refractivity contribution in [3.63, 3.8) is 0 Å². The Kier molecular flexibility index (Phi) is 5.96. The van der Waals surface area contributed by atoms with E-state index in [9.17, 15) is 0 Å². The number of aromatic nitrogens is 7. The molecule has 1 saturated carbocycles. The zero-order valence-corrected chi connectivity index (χ0v) is 23.8. The van der Waals surface area contributed by atoms with Crippen molar-refractivity contribution in [3.05, 3.63) is 48.2 Å². The number of fused-ring (bicyclic) bond motifs is 2. The highest BCUT2D eigenvalue weighted by Crippen LogP contribution is 2.34. The number of ether oxygens (including phenoxy) is 1. The number of anilines is 1. The van der Waals surface area contributed by atoms with Crippen molar-refractivity contribution in [2.24, 2.45) is 7.05 Å². The molecular formula is C30H35N9O. The second-order valence-corrected chi connectivity index (χ2v) is 11.3. The van der Waals surface area contributed by atoms with Gasteiger partial charge in [-0.2, -0.15) is 5.10 Å². The van der Waals surface area contributed by atoms with Crippen molar-refractivity contribution in [3.8, 4) is 22.8 Å². The lowest BCUT2D eigenvalue weighted by atomic mass is 10.1. The van der Waals surface area contributed by atoms with E-state index in [0.717, 1.165) is 94.3 Å². The number of hydrogen-bond acceptors (Lipinski definition) is 8. The summed E-state index contributed by atoms with van der Waals surface area (Å²) in [6.45, 7) is 10.6. The standard InChI is InChI=1S/C30H35N9O/c1-18(2)28-29-25(36(4)30(35-29)38-12-10-37(11-13-38)20-6-7-20)15-27(34-28)39-24-14-23(33-19(3)21(24)17-32-39)22-16-31-9-8-26(22)40-5/h8-9,14-18,20H,6-7,10-13H2,1-5H3. The minimum Gasteiger partial charge on any atom is -0.496 e. The molecule has 206 valence electrons. The van der Waals surface area contributed by atoms with Crippen molar-refractivity contribution >= 4 is 27.9 Å². The molecule has 0 N–H and O–H groups in total. The third-order valence-electron chi connectivity index (χ3n) is 8.32. The van der Waals surface area contributed by atoms with Crippen LogP contribution in [0.1, 0.15) is 44.0 Å². The van der Waals surface area contributed by atoms with Crippen LogP contribution in [0.25, 0.3) is 39.0 Å². The van der Waals surface area contributed by atoms with E-state index < -0.39 is 0 Å². The quantitative estimate of drug-likeness (QED) is 0.313. The Morgan fingerprint density at radius 1 is 0.975 bits per heavy atom. The Labute approximate surface area is 233 Å². The van der Waals surface area contributed by atoms with Gasteiger partial charge in [0.1, 0.15) is 11.3 Å². The van der Waals surface area contributed by atoms with Crippen LogP contribution in [-0.2, 0) is 7.05 Å². The molecule has 6 heterocycles. The maximum Gasteiger partial charge on any atom is 0.206 e. The first-order valence-electron chi connectivity index (χ1n) is 14.1. The lowest BCUT2D eigenvalue weighted by Crippen LogP contribution is -2.48. The van der Waals surface area contributed by atoms with Gasteiger partial charge in [0, 0.05) is 68.8 Å². The van der Waals surface area contributed by atoms with Gasteiger partial charge in [0.05, 0.1) is 41.3 Å². The number of hydrogen-bond donors (Lipinski definition) is 0. The van der Waals surface area contributed by atoms with Crippen LogP contribution in [0.2, 0.25) is 0 Å². The van der Waals surface area contributed by atoms with Crippen LogP contribution >= 0.6 is 0 Å². The molecule has 0 radical (unpaired) electrons. The predicted molar refractivity (Wildman–Crippen MR) is 156 cm³/mol. The highest BCUT2D eigenvalue weighted by atomic mass is 16.5. The van der Waals surface area contributed by atoms with E-state index in [1.807, 2.05) is 29.9 Å². The zero-order chi connectivity index (χ0) is 27.5. The summed E-state index contributed by atoms with van der Waals surface area (Å²) in [5.41, 5.74) is 6.47. The van der Waals surface area contributed by atoms with E-state index >= 15 is 0 Å². The molecule has 0 bridgehead atoms. The molecule has 1 aliphatic carbocycles. The van der Waals surface area contributed by atoms with Gasteiger partial charge in [-0.05, 0) is 37.8 Å². The van der Waals surface area contributed by atoms with Gasteiger partial charge in [-0.25, -0.2) is 14.6 Å². The first-order chi connectivity index (χ1) is 19.4. The van der Waals surface area contributed by atoms with Crippen LogP contribution in [0, 0.1) is 6.92 Å². The van der Waals surface area contributed by atoms with Gasteiger partial charge in [0.25, 0.3) is 0 Å². The van der Waals surface area contributed by atoms with E-state index in [1.54, 1.807) is 19.5 Å². The first kappa shape index (κ1) is 25.0.